The van der Waals surface area contributed by atoms with Crippen LogP contribution >= 0.6 is 0 Å². The van der Waals surface area contributed by atoms with Gasteiger partial charge in [0.15, 0.2) is 0 Å². The van der Waals surface area contributed by atoms with Crippen molar-refractivity contribution in [2.75, 3.05) is 6.54 Å². The van der Waals surface area contributed by atoms with Gasteiger partial charge in [0.25, 0.3) is 5.91 Å². The fourth-order valence-corrected chi connectivity index (χ4v) is 2.57. The summed E-state index contributed by atoms with van der Waals surface area (Å²) in [7, 11) is 0. The highest BCUT2D eigenvalue weighted by Gasteiger charge is 2.36. The molecule has 0 spiro atoms. The Labute approximate surface area is 119 Å². The van der Waals surface area contributed by atoms with Crippen LogP contribution in [0, 0.1) is 5.41 Å². The number of amides is 1. The molecule has 1 saturated carbocycles. The van der Waals surface area contributed by atoms with E-state index >= 15 is 0 Å². The maximum absolute atomic E-state index is 12.0. The van der Waals surface area contributed by atoms with Crippen molar-refractivity contribution in [2.24, 2.45) is 5.41 Å². The van der Waals surface area contributed by atoms with Crippen LogP contribution in [-0.2, 0) is 0 Å². The fourth-order valence-electron chi connectivity index (χ4n) is 2.57. The van der Waals surface area contributed by atoms with Crippen molar-refractivity contribution in [3.8, 4) is 5.75 Å². The molecular weight excluding hydrogens is 254 g/mol. The minimum atomic E-state index is -0.824. The van der Waals surface area contributed by atoms with E-state index in [2.05, 4.69) is 19.2 Å². The van der Waals surface area contributed by atoms with Crippen LogP contribution < -0.4 is 5.32 Å². The number of rotatable bonds is 3. The van der Waals surface area contributed by atoms with Crippen molar-refractivity contribution in [1.29, 1.82) is 0 Å². The van der Waals surface area contributed by atoms with Gasteiger partial charge in [0.05, 0.1) is 11.2 Å². The lowest BCUT2D eigenvalue weighted by Crippen LogP contribution is -2.46. The zero-order valence-electron chi connectivity index (χ0n) is 12.1. The van der Waals surface area contributed by atoms with Crippen LogP contribution in [0.4, 0.5) is 0 Å². The molecule has 4 heteroatoms. The smallest absolute Gasteiger partial charge is 0.255 e. The van der Waals surface area contributed by atoms with E-state index < -0.39 is 5.60 Å². The van der Waals surface area contributed by atoms with Gasteiger partial charge in [0, 0.05) is 6.54 Å². The number of aliphatic hydroxyl groups is 1. The molecule has 3 N–H and O–H groups in total. The number of benzene rings is 1. The molecule has 110 valence electrons. The normalized spacial score (nSPS) is 20.4. The van der Waals surface area contributed by atoms with E-state index in [1.807, 2.05) is 0 Å². The van der Waals surface area contributed by atoms with Crippen LogP contribution in [0.2, 0.25) is 0 Å². The Balaban J connectivity index is 1.92. The molecule has 1 aromatic rings. The van der Waals surface area contributed by atoms with Crippen LogP contribution in [0.25, 0.3) is 0 Å². The Bertz CT molecular complexity index is 486. The maximum Gasteiger partial charge on any atom is 0.255 e. The first-order valence-corrected chi connectivity index (χ1v) is 7.10. The summed E-state index contributed by atoms with van der Waals surface area (Å²) in [5.74, 6) is -0.386. The number of phenols is 1. The molecule has 1 aliphatic carbocycles. The summed E-state index contributed by atoms with van der Waals surface area (Å²) in [4.78, 5) is 12.0. The molecule has 0 saturated heterocycles. The lowest BCUT2D eigenvalue weighted by Gasteiger charge is -2.40. The standard InChI is InChI=1S/C16H23NO3/c1-15(2)7-9-16(20,10-8-15)11-17-14(19)12-5-3-4-6-13(12)18/h3-6,18,20H,7-11H2,1-2H3,(H,17,19). The van der Waals surface area contributed by atoms with E-state index in [0.29, 0.717) is 12.8 Å². The summed E-state index contributed by atoms with van der Waals surface area (Å²) < 4.78 is 0. The maximum atomic E-state index is 12.0. The number of carbonyl (C=O) groups excluding carboxylic acids is 1. The Morgan fingerprint density at radius 1 is 1.20 bits per heavy atom. The summed E-state index contributed by atoms with van der Waals surface area (Å²) in [5.41, 5.74) is -0.309. The lowest BCUT2D eigenvalue weighted by atomic mass is 9.71. The van der Waals surface area contributed by atoms with Gasteiger partial charge in [-0.1, -0.05) is 26.0 Å². The average Bonchev–Trinajstić information content (AvgIpc) is 2.41. The fraction of sp³-hybridized carbons (Fsp3) is 0.562. The van der Waals surface area contributed by atoms with Gasteiger partial charge in [-0.3, -0.25) is 4.79 Å². The molecule has 1 aliphatic rings. The number of carbonyl (C=O) groups is 1. The Hall–Kier alpha value is -1.55. The number of nitrogens with one attached hydrogen (secondary N) is 1. The van der Waals surface area contributed by atoms with Crippen LogP contribution in [-0.4, -0.2) is 28.3 Å². The van der Waals surface area contributed by atoms with Crippen LogP contribution in [0.15, 0.2) is 24.3 Å². The zero-order chi connectivity index (χ0) is 14.8. The monoisotopic (exact) mass is 277 g/mol. The van der Waals surface area contributed by atoms with Crippen molar-refractivity contribution >= 4 is 5.91 Å². The van der Waals surface area contributed by atoms with E-state index in [1.165, 1.54) is 6.07 Å². The molecule has 1 fully saturated rings. The lowest BCUT2D eigenvalue weighted by molar-refractivity contribution is -0.0233. The molecule has 0 unspecified atom stereocenters. The minimum absolute atomic E-state index is 0.0400. The van der Waals surface area contributed by atoms with Crippen molar-refractivity contribution in [1.82, 2.24) is 5.32 Å². The molecule has 1 amide bonds. The summed E-state index contributed by atoms with van der Waals surface area (Å²) in [5, 5.41) is 22.8. The van der Waals surface area contributed by atoms with Gasteiger partial charge >= 0.3 is 0 Å². The van der Waals surface area contributed by atoms with Gasteiger partial charge in [0.2, 0.25) is 0 Å². The molecule has 2 rings (SSSR count). The van der Waals surface area contributed by atoms with E-state index in [0.717, 1.165) is 12.8 Å². The number of hydrogen-bond acceptors (Lipinski definition) is 3. The van der Waals surface area contributed by atoms with Crippen molar-refractivity contribution in [2.45, 2.75) is 45.1 Å². The molecule has 1 aromatic carbocycles. The molecule has 0 radical (unpaired) electrons. The van der Waals surface area contributed by atoms with E-state index in [1.54, 1.807) is 18.2 Å². The molecule has 0 atom stereocenters. The third kappa shape index (κ3) is 3.51. The molecule has 4 nitrogen and oxygen atoms in total. The Morgan fingerprint density at radius 2 is 1.80 bits per heavy atom. The summed E-state index contributed by atoms with van der Waals surface area (Å²) in [6, 6.07) is 6.42. The third-order valence-electron chi connectivity index (χ3n) is 4.26. The number of phenolic OH excluding ortho intramolecular Hbond substituents is 1. The van der Waals surface area contributed by atoms with Crippen molar-refractivity contribution in [3.05, 3.63) is 29.8 Å². The molecule has 0 aliphatic heterocycles. The predicted octanol–water partition coefficient (Wildman–Crippen LogP) is 2.45. The van der Waals surface area contributed by atoms with Crippen molar-refractivity contribution < 1.29 is 15.0 Å². The minimum Gasteiger partial charge on any atom is -0.507 e. The second-order valence-corrected chi connectivity index (χ2v) is 6.59. The second kappa shape index (κ2) is 5.44. The van der Waals surface area contributed by atoms with E-state index in [-0.39, 0.29) is 29.2 Å². The number of hydrogen-bond donors (Lipinski definition) is 3. The van der Waals surface area contributed by atoms with E-state index in [9.17, 15) is 15.0 Å². The largest absolute Gasteiger partial charge is 0.507 e. The molecular formula is C16H23NO3. The van der Waals surface area contributed by atoms with E-state index in [4.69, 9.17) is 0 Å². The third-order valence-corrected chi connectivity index (χ3v) is 4.26. The topological polar surface area (TPSA) is 69.6 Å². The number of para-hydroxylation sites is 1. The number of aromatic hydroxyl groups is 1. The summed E-state index contributed by atoms with van der Waals surface area (Å²) in [6.45, 7) is 4.64. The van der Waals surface area contributed by atoms with Gasteiger partial charge < -0.3 is 15.5 Å². The summed E-state index contributed by atoms with van der Waals surface area (Å²) >= 11 is 0. The summed E-state index contributed by atoms with van der Waals surface area (Å²) in [6.07, 6.45) is 3.30. The molecule has 20 heavy (non-hydrogen) atoms. The molecule has 0 bridgehead atoms. The van der Waals surface area contributed by atoms with Gasteiger partial charge in [-0.05, 0) is 43.2 Å². The van der Waals surface area contributed by atoms with Crippen LogP contribution in [0.3, 0.4) is 0 Å². The highest BCUT2D eigenvalue weighted by atomic mass is 16.3. The van der Waals surface area contributed by atoms with Crippen LogP contribution in [0.5, 0.6) is 5.75 Å². The second-order valence-electron chi connectivity index (χ2n) is 6.59. The quantitative estimate of drug-likeness (QED) is 0.795. The predicted molar refractivity (Wildman–Crippen MR) is 77.6 cm³/mol. The first-order chi connectivity index (χ1) is 9.31. The highest BCUT2D eigenvalue weighted by Crippen LogP contribution is 2.39. The highest BCUT2D eigenvalue weighted by molar-refractivity contribution is 5.96. The Morgan fingerprint density at radius 3 is 2.40 bits per heavy atom. The van der Waals surface area contributed by atoms with Crippen molar-refractivity contribution in [3.63, 3.8) is 0 Å². The van der Waals surface area contributed by atoms with Gasteiger partial charge in [0.1, 0.15) is 5.75 Å². The zero-order valence-corrected chi connectivity index (χ0v) is 12.1. The molecule has 0 heterocycles. The van der Waals surface area contributed by atoms with Crippen LogP contribution in [0.1, 0.15) is 49.9 Å². The molecule has 0 aromatic heterocycles. The SMILES string of the molecule is CC1(C)CCC(O)(CNC(=O)c2ccccc2O)CC1. The average molecular weight is 277 g/mol. The van der Waals surface area contributed by atoms with Gasteiger partial charge in [-0.25, -0.2) is 0 Å². The first-order valence-electron chi connectivity index (χ1n) is 7.10. The van der Waals surface area contributed by atoms with Gasteiger partial charge in [-0.2, -0.15) is 0 Å². The Kier molecular flexibility index (Phi) is 4.04. The first kappa shape index (κ1) is 14.9. The van der Waals surface area contributed by atoms with Gasteiger partial charge in [-0.15, -0.1) is 0 Å².